The molecule has 23 heteroatoms. The van der Waals surface area contributed by atoms with Crippen molar-refractivity contribution in [3.8, 4) is 22.7 Å². The summed E-state index contributed by atoms with van der Waals surface area (Å²) in [5.74, 6) is -1.18. The summed E-state index contributed by atoms with van der Waals surface area (Å²) >= 11 is 0. The van der Waals surface area contributed by atoms with Crippen LogP contribution in [0.5, 0.6) is 0 Å². The number of carboxylic acids is 1. The van der Waals surface area contributed by atoms with Crippen molar-refractivity contribution in [3.05, 3.63) is 227 Å². The lowest BCUT2D eigenvalue weighted by atomic mass is 10.2. The van der Waals surface area contributed by atoms with Gasteiger partial charge in [-0.2, -0.15) is 0 Å². The van der Waals surface area contributed by atoms with Crippen LogP contribution in [0.4, 0.5) is 34.4 Å². The molecule has 0 spiro atoms. The third-order valence-corrected chi connectivity index (χ3v) is 15.0. The summed E-state index contributed by atoms with van der Waals surface area (Å²) in [4.78, 5) is 98.5. The Labute approximate surface area is 511 Å². The average molecular weight is 1200 g/mol. The number of hydrogen-bond acceptors (Lipinski definition) is 15. The molecule has 0 bridgehead atoms. The first-order valence-electron chi connectivity index (χ1n) is 28.6. The smallest absolute Gasteiger partial charge is 0.339 e. The number of likely N-dealkylation sites (N-methyl/N-ethyl adjacent to an activating group) is 3. The lowest BCUT2D eigenvalue weighted by Gasteiger charge is -2.17. The number of hydrogen-bond donors (Lipinski definition) is 6. The quantitative estimate of drug-likeness (QED) is 0.0441. The predicted octanol–water partition coefficient (Wildman–Crippen LogP) is 8.19. The van der Waals surface area contributed by atoms with Crippen molar-refractivity contribution in [1.82, 2.24) is 48.0 Å². The van der Waals surface area contributed by atoms with Crippen LogP contribution in [0, 0.1) is 0 Å². The molecule has 0 atom stereocenters. The number of imidazole rings is 2. The molecule has 2 saturated carbocycles. The molecule has 0 radical (unpaired) electrons. The molecule has 2 aliphatic carbocycles. The van der Waals surface area contributed by atoms with Crippen molar-refractivity contribution in [1.29, 1.82) is 0 Å². The topological polar surface area (TPSA) is 292 Å². The second kappa shape index (κ2) is 27.4. The number of amides is 3. The lowest BCUT2D eigenvalue weighted by molar-refractivity contribution is -0.131. The SMILES string of the molecule is CN(C(=O)/C=C/CN(C)C1CC1)c1cccc(-n2c(=O)n(-c3ccc(NC(=O)c4ccccc4)cc3)c3c(N)ncnc32)c1.CN(C/C=C/C(=O)O)C1CC1.CNc1cccc(-n2c(=O)n(-c3ccc(NC(=O)c4ccccc4)cc3)c3c(N)ncnc32)c1. The van der Waals surface area contributed by atoms with Gasteiger partial charge in [-0.1, -0.05) is 60.7 Å². The van der Waals surface area contributed by atoms with Crippen LogP contribution >= 0.6 is 0 Å². The molecule has 23 nitrogen and oxygen atoms in total. The van der Waals surface area contributed by atoms with Gasteiger partial charge in [0.2, 0.25) is 5.91 Å². The summed E-state index contributed by atoms with van der Waals surface area (Å²) in [7, 11) is 7.58. The van der Waals surface area contributed by atoms with Gasteiger partial charge in [0.05, 0.1) is 22.7 Å². The third kappa shape index (κ3) is 14.3. The highest BCUT2D eigenvalue weighted by molar-refractivity contribution is 6.05. The minimum atomic E-state index is -0.866. The van der Waals surface area contributed by atoms with Crippen molar-refractivity contribution < 1.29 is 24.3 Å². The van der Waals surface area contributed by atoms with Crippen molar-refractivity contribution >= 4 is 80.4 Å². The minimum absolute atomic E-state index is 0.136. The maximum Gasteiger partial charge on any atom is 0.339 e. The number of carbonyl (C=O) groups excluding carboxylic acids is 3. The first-order valence-corrected chi connectivity index (χ1v) is 28.6. The van der Waals surface area contributed by atoms with E-state index in [0.29, 0.717) is 91.9 Å². The van der Waals surface area contributed by atoms with Crippen LogP contribution in [0.2, 0.25) is 0 Å². The number of benzene rings is 6. The summed E-state index contributed by atoms with van der Waals surface area (Å²) in [6.45, 7) is 1.46. The molecule has 12 rings (SSSR count). The Kier molecular flexibility index (Phi) is 18.7. The van der Waals surface area contributed by atoms with E-state index in [0.717, 1.165) is 12.2 Å². The highest BCUT2D eigenvalue weighted by atomic mass is 16.4. The number of nitrogens with one attached hydrogen (secondary N) is 3. The van der Waals surface area contributed by atoms with Crippen LogP contribution in [0.1, 0.15) is 46.4 Å². The molecule has 2 aliphatic rings. The van der Waals surface area contributed by atoms with Crippen LogP contribution in [0.3, 0.4) is 0 Å². The van der Waals surface area contributed by atoms with Crippen molar-refractivity contribution in [2.75, 3.05) is 73.6 Å². The maximum atomic E-state index is 14.0. The fourth-order valence-electron chi connectivity index (χ4n) is 9.86. The van der Waals surface area contributed by atoms with Crippen molar-refractivity contribution in [2.45, 2.75) is 37.8 Å². The number of anilines is 6. The maximum absolute atomic E-state index is 14.0. The molecule has 10 aromatic rings. The van der Waals surface area contributed by atoms with E-state index in [4.69, 9.17) is 16.6 Å². The van der Waals surface area contributed by atoms with Gasteiger partial charge in [-0.3, -0.25) is 33.3 Å². The molecule has 8 N–H and O–H groups in total. The second-order valence-corrected chi connectivity index (χ2v) is 21.2. The number of carbonyl (C=O) groups is 4. The molecule has 452 valence electrons. The number of nitrogen functional groups attached to an aromatic ring is 2. The van der Waals surface area contributed by atoms with Gasteiger partial charge in [-0.25, -0.2) is 43.5 Å². The third-order valence-electron chi connectivity index (χ3n) is 15.0. The van der Waals surface area contributed by atoms with E-state index >= 15 is 0 Å². The molecule has 6 aromatic carbocycles. The monoisotopic (exact) mass is 1190 g/mol. The number of nitrogens with two attached hydrogens (primary N) is 2. The van der Waals surface area contributed by atoms with Crippen molar-refractivity contribution in [2.24, 2.45) is 0 Å². The highest BCUT2D eigenvalue weighted by Crippen LogP contribution is 2.29. The number of rotatable bonds is 18. The molecule has 0 unspecified atom stereocenters. The Morgan fingerprint density at radius 3 is 1.40 bits per heavy atom. The van der Waals surface area contributed by atoms with Crippen molar-refractivity contribution in [3.63, 3.8) is 0 Å². The fraction of sp³-hybridized carbons (Fsp3) is 0.182. The summed E-state index contributed by atoms with van der Waals surface area (Å²) in [5, 5.41) is 17.1. The van der Waals surface area contributed by atoms with Crippen LogP contribution in [0.25, 0.3) is 45.1 Å². The van der Waals surface area contributed by atoms with E-state index in [2.05, 4.69) is 52.7 Å². The number of fused-ring (bicyclic) bond motifs is 2. The van der Waals surface area contributed by atoms with Crippen LogP contribution in [-0.2, 0) is 9.59 Å². The van der Waals surface area contributed by atoms with Gasteiger partial charge in [-0.05, 0) is 149 Å². The molecule has 0 saturated heterocycles. The molecule has 89 heavy (non-hydrogen) atoms. The van der Waals surface area contributed by atoms with E-state index in [1.165, 1.54) is 67.6 Å². The average Bonchev–Trinajstić information content (AvgIpc) is 1.73. The predicted molar refractivity (Wildman–Crippen MR) is 347 cm³/mol. The van der Waals surface area contributed by atoms with E-state index in [1.54, 1.807) is 134 Å². The Balaban J connectivity index is 0.000000171. The van der Waals surface area contributed by atoms with Crippen LogP contribution < -0.4 is 43.7 Å². The first kappa shape index (κ1) is 60.8. The highest BCUT2D eigenvalue weighted by Gasteiger charge is 2.27. The molecule has 4 aromatic heterocycles. The zero-order valence-electron chi connectivity index (χ0n) is 49.3. The fourth-order valence-corrected chi connectivity index (χ4v) is 9.86. The molecule has 3 amide bonds. The van der Waals surface area contributed by atoms with E-state index in [9.17, 15) is 28.8 Å². The van der Waals surface area contributed by atoms with Crippen LogP contribution in [-0.4, -0.2) is 130 Å². The summed E-state index contributed by atoms with van der Waals surface area (Å²) < 4.78 is 5.85. The molecule has 4 heterocycles. The Morgan fingerprint density at radius 1 is 0.528 bits per heavy atom. The van der Waals surface area contributed by atoms with E-state index < -0.39 is 11.7 Å². The second-order valence-electron chi connectivity index (χ2n) is 21.2. The zero-order chi connectivity index (χ0) is 62.7. The Morgan fingerprint density at radius 2 is 0.966 bits per heavy atom. The zero-order valence-corrected chi connectivity index (χ0v) is 49.3. The molecular formula is C66H66N16O7. The van der Waals surface area contributed by atoms with Gasteiger partial charge in [0.25, 0.3) is 11.8 Å². The Hall–Kier alpha value is -11.3. The van der Waals surface area contributed by atoms with Gasteiger partial charge in [0.1, 0.15) is 23.7 Å². The normalized spacial score (nSPS) is 12.8. The van der Waals surface area contributed by atoms with Crippen LogP contribution in [0.15, 0.2) is 204 Å². The van der Waals surface area contributed by atoms with E-state index in [1.807, 2.05) is 62.6 Å². The van der Waals surface area contributed by atoms with Gasteiger partial charge < -0.3 is 37.4 Å². The number of aromatic nitrogens is 8. The van der Waals surface area contributed by atoms with Gasteiger partial charge in [0, 0.05) is 85.3 Å². The number of aliphatic carboxylic acids is 1. The van der Waals surface area contributed by atoms with Gasteiger partial charge >= 0.3 is 17.3 Å². The molecular weight excluding hydrogens is 1130 g/mol. The van der Waals surface area contributed by atoms with E-state index in [-0.39, 0.29) is 35.0 Å². The number of carboxylic acid groups (broad SMARTS) is 1. The molecule has 0 aliphatic heterocycles. The Bertz CT molecular complexity index is 4380. The lowest BCUT2D eigenvalue weighted by Crippen LogP contribution is -2.26. The summed E-state index contributed by atoms with van der Waals surface area (Å²) in [6.07, 6.45) is 13.9. The summed E-state index contributed by atoms with van der Waals surface area (Å²) in [6, 6.07) is 47.5. The minimum Gasteiger partial charge on any atom is -0.478 e. The first-order chi connectivity index (χ1) is 43.1. The summed E-state index contributed by atoms with van der Waals surface area (Å²) in [5.41, 5.74) is 19.1. The number of nitrogens with zero attached hydrogens (tertiary/aromatic N) is 11. The molecule has 2 fully saturated rings. The standard InChI is InChI=1S/C33H32N8O3.C25H21N7O2.C8H13NO2/c1-38(24-17-18-24)19-7-12-28(42)39(2)26-10-6-11-27(20-26)41-31-29(30(34)35-21-36-31)40(33(41)44)25-15-13-23(14-16-25)37-32(43)22-8-4-3-5-9-22;1-27-18-8-5-9-20(14-18)32-23-21(22(26)28-15-29-23)31(25(32)34)19-12-10-17(11-13-19)30-24(33)16-6-3-2-4-7-16;1-9(7-4-5-7)6-2-3-8(10)11/h3-16,20-21,24H,17-19H2,1-2H3,(H,37,43)(H2,34,35,36);2-15,27H,1H3,(H,30,33)(H2,26,28,29);2-3,7H,4-6H2,1H3,(H,10,11)/b12-7+;;3-2+. The van der Waals surface area contributed by atoms with Gasteiger partial charge in [0.15, 0.2) is 22.9 Å². The largest absolute Gasteiger partial charge is 0.478 e. The van der Waals surface area contributed by atoms with Gasteiger partial charge in [-0.15, -0.1) is 0 Å².